The molecule has 27 heavy (non-hydrogen) atoms. The Morgan fingerprint density at radius 2 is 2.11 bits per heavy atom. The SMILES string of the molecule is C[C@@H]1CCC[C@@](O)(c2nc(N)c3ncn(Cc4ccc(Cl)c(Cl)c4)c3n2)C1. The molecular weight excluding hydrogens is 385 g/mol. The van der Waals surface area contributed by atoms with Crippen LogP contribution in [0.2, 0.25) is 10.0 Å². The number of fused-ring (bicyclic) bond motifs is 1. The molecule has 142 valence electrons. The normalized spacial score (nSPS) is 23.0. The molecule has 0 bridgehead atoms. The summed E-state index contributed by atoms with van der Waals surface area (Å²) >= 11 is 12.1. The predicted molar refractivity (Wildman–Crippen MR) is 107 cm³/mol. The number of aliphatic hydroxyl groups is 1. The highest BCUT2D eigenvalue weighted by Crippen LogP contribution is 2.39. The van der Waals surface area contributed by atoms with E-state index in [-0.39, 0.29) is 5.82 Å². The Bertz CT molecular complexity index is 1010. The second-order valence-corrected chi connectivity index (χ2v) is 8.27. The minimum Gasteiger partial charge on any atom is -0.382 e. The van der Waals surface area contributed by atoms with Crippen LogP contribution in [0, 0.1) is 5.92 Å². The molecule has 0 unspecified atom stereocenters. The van der Waals surface area contributed by atoms with Crippen LogP contribution in [0.1, 0.15) is 44.0 Å². The van der Waals surface area contributed by atoms with Crippen molar-refractivity contribution in [2.75, 3.05) is 5.73 Å². The Morgan fingerprint density at radius 3 is 2.85 bits per heavy atom. The van der Waals surface area contributed by atoms with Crippen molar-refractivity contribution in [3.8, 4) is 0 Å². The summed E-state index contributed by atoms with van der Waals surface area (Å²) in [6, 6.07) is 5.48. The monoisotopic (exact) mass is 405 g/mol. The van der Waals surface area contributed by atoms with Crippen LogP contribution in [0.5, 0.6) is 0 Å². The number of nitrogens with zero attached hydrogens (tertiary/aromatic N) is 4. The van der Waals surface area contributed by atoms with Gasteiger partial charge in [0.15, 0.2) is 17.3 Å². The van der Waals surface area contributed by atoms with E-state index in [9.17, 15) is 5.11 Å². The van der Waals surface area contributed by atoms with E-state index in [1.807, 2.05) is 16.7 Å². The molecular formula is C19H21Cl2N5O. The summed E-state index contributed by atoms with van der Waals surface area (Å²) < 4.78 is 1.88. The van der Waals surface area contributed by atoms with E-state index in [1.165, 1.54) is 0 Å². The lowest BCUT2D eigenvalue weighted by atomic mass is 9.78. The van der Waals surface area contributed by atoms with Gasteiger partial charge in [-0.3, -0.25) is 0 Å². The Labute approximate surface area is 167 Å². The second-order valence-electron chi connectivity index (χ2n) is 7.46. The van der Waals surface area contributed by atoms with Crippen molar-refractivity contribution in [3.63, 3.8) is 0 Å². The highest BCUT2D eigenvalue weighted by atomic mass is 35.5. The van der Waals surface area contributed by atoms with E-state index < -0.39 is 5.60 Å². The number of hydrogen-bond donors (Lipinski definition) is 2. The van der Waals surface area contributed by atoms with Crippen LogP contribution < -0.4 is 5.73 Å². The van der Waals surface area contributed by atoms with Crippen LogP contribution in [-0.4, -0.2) is 24.6 Å². The summed E-state index contributed by atoms with van der Waals surface area (Å²) in [5.41, 5.74) is 7.19. The molecule has 2 atom stereocenters. The molecule has 0 saturated heterocycles. The van der Waals surface area contributed by atoms with Crippen molar-refractivity contribution in [2.45, 2.75) is 44.8 Å². The first-order valence-corrected chi connectivity index (χ1v) is 9.76. The van der Waals surface area contributed by atoms with Gasteiger partial charge in [-0.15, -0.1) is 0 Å². The quantitative estimate of drug-likeness (QED) is 0.682. The van der Waals surface area contributed by atoms with Gasteiger partial charge in [-0.1, -0.05) is 42.6 Å². The van der Waals surface area contributed by atoms with E-state index >= 15 is 0 Å². The van der Waals surface area contributed by atoms with Gasteiger partial charge in [0, 0.05) is 0 Å². The molecule has 4 rings (SSSR count). The standard InChI is InChI=1S/C19H21Cl2N5O/c1-11-3-2-6-19(27,8-11)18-24-16(22)15-17(25-18)26(10-23-15)9-12-4-5-13(20)14(21)7-12/h4-5,7,10-11,27H,2-3,6,8-9H2,1H3,(H2,22,24,25)/t11-,19+/m1/s1. The number of aromatic nitrogens is 4. The fourth-order valence-corrected chi connectivity index (χ4v) is 4.17. The summed E-state index contributed by atoms with van der Waals surface area (Å²) in [4.78, 5) is 13.4. The van der Waals surface area contributed by atoms with Gasteiger partial charge in [-0.2, -0.15) is 0 Å². The number of rotatable bonds is 3. The molecule has 1 aliphatic rings. The molecule has 3 N–H and O–H groups in total. The number of anilines is 1. The second kappa shape index (κ2) is 6.93. The molecule has 1 fully saturated rings. The molecule has 0 radical (unpaired) electrons. The Hall–Kier alpha value is -1.89. The van der Waals surface area contributed by atoms with Crippen molar-refractivity contribution in [3.05, 3.63) is 46.0 Å². The number of halogens is 2. The molecule has 0 amide bonds. The van der Waals surface area contributed by atoms with Crippen molar-refractivity contribution in [1.82, 2.24) is 19.5 Å². The molecule has 0 spiro atoms. The fraction of sp³-hybridized carbons (Fsp3) is 0.421. The van der Waals surface area contributed by atoms with E-state index in [0.717, 1.165) is 18.4 Å². The topological polar surface area (TPSA) is 89.9 Å². The third kappa shape index (κ3) is 3.49. The van der Waals surface area contributed by atoms with Gasteiger partial charge in [-0.25, -0.2) is 15.0 Å². The van der Waals surface area contributed by atoms with Gasteiger partial charge in [0.25, 0.3) is 0 Å². The summed E-state index contributed by atoms with van der Waals surface area (Å²) in [6.45, 7) is 2.65. The largest absolute Gasteiger partial charge is 0.382 e. The lowest BCUT2D eigenvalue weighted by molar-refractivity contribution is -0.0252. The lowest BCUT2D eigenvalue weighted by Gasteiger charge is -2.34. The van der Waals surface area contributed by atoms with E-state index in [1.54, 1.807) is 12.4 Å². The van der Waals surface area contributed by atoms with Crippen LogP contribution in [-0.2, 0) is 12.1 Å². The molecule has 2 heterocycles. The van der Waals surface area contributed by atoms with Crippen molar-refractivity contribution in [1.29, 1.82) is 0 Å². The first kappa shape index (κ1) is 18.5. The van der Waals surface area contributed by atoms with Crippen LogP contribution in [0.4, 0.5) is 5.82 Å². The first-order chi connectivity index (χ1) is 12.9. The summed E-state index contributed by atoms with van der Waals surface area (Å²) in [6.07, 6.45) is 5.01. The molecule has 6 nitrogen and oxygen atoms in total. The van der Waals surface area contributed by atoms with Gasteiger partial charge in [0.05, 0.1) is 22.9 Å². The first-order valence-electron chi connectivity index (χ1n) is 9.01. The van der Waals surface area contributed by atoms with Crippen LogP contribution in [0.25, 0.3) is 11.2 Å². The minimum atomic E-state index is -1.04. The number of benzene rings is 1. The Morgan fingerprint density at radius 1 is 1.30 bits per heavy atom. The third-order valence-electron chi connectivity index (χ3n) is 5.22. The zero-order valence-electron chi connectivity index (χ0n) is 15.0. The lowest BCUT2D eigenvalue weighted by Crippen LogP contribution is -2.34. The van der Waals surface area contributed by atoms with Crippen molar-refractivity contribution < 1.29 is 5.11 Å². The summed E-state index contributed by atoms with van der Waals surface area (Å²) in [5.74, 6) is 1.09. The van der Waals surface area contributed by atoms with Gasteiger partial charge < -0.3 is 15.4 Å². The third-order valence-corrected chi connectivity index (χ3v) is 5.96. The average molecular weight is 406 g/mol. The molecule has 8 heteroatoms. The highest BCUT2D eigenvalue weighted by molar-refractivity contribution is 6.42. The summed E-state index contributed by atoms with van der Waals surface area (Å²) in [7, 11) is 0. The smallest absolute Gasteiger partial charge is 0.166 e. The maximum atomic E-state index is 11.1. The van der Waals surface area contributed by atoms with Gasteiger partial charge >= 0.3 is 0 Å². The van der Waals surface area contributed by atoms with Crippen molar-refractivity contribution >= 4 is 40.2 Å². The average Bonchev–Trinajstić information content (AvgIpc) is 3.01. The fourth-order valence-electron chi connectivity index (χ4n) is 3.85. The maximum absolute atomic E-state index is 11.1. The Kier molecular flexibility index (Phi) is 4.74. The zero-order valence-corrected chi connectivity index (χ0v) is 16.5. The van der Waals surface area contributed by atoms with E-state index in [2.05, 4.69) is 21.9 Å². The zero-order chi connectivity index (χ0) is 19.2. The molecule has 0 aliphatic heterocycles. The minimum absolute atomic E-state index is 0.287. The van der Waals surface area contributed by atoms with E-state index in [4.69, 9.17) is 28.9 Å². The van der Waals surface area contributed by atoms with Crippen LogP contribution >= 0.6 is 23.2 Å². The molecule has 2 aromatic heterocycles. The number of hydrogen-bond acceptors (Lipinski definition) is 5. The van der Waals surface area contributed by atoms with Gasteiger partial charge in [0.1, 0.15) is 11.1 Å². The van der Waals surface area contributed by atoms with E-state index in [0.29, 0.717) is 52.3 Å². The van der Waals surface area contributed by atoms with Gasteiger partial charge in [0.2, 0.25) is 0 Å². The molecule has 3 aromatic rings. The van der Waals surface area contributed by atoms with Gasteiger partial charge in [-0.05, 0) is 42.9 Å². The Balaban J connectivity index is 1.74. The van der Waals surface area contributed by atoms with Crippen LogP contribution in [0.3, 0.4) is 0 Å². The van der Waals surface area contributed by atoms with Crippen LogP contribution in [0.15, 0.2) is 24.5 Å². The number of imidazole rings is 1. The molecule has 1 aromatic carbocycles. The highest BCUT2D eigenvalue weighted by Gasteiger charge is 2.37. The molecule has 1 aliphatic carbocycles. The molecule has 1 saturated carbocycles. The summed E-state index contributed by atoms with van der Waals surface area (Å²) in [5, 5.41) is 12.2. The number of nitrogens with two attached hydrogens (primary N) is 1. The van der Waals surface area contributed by atoms with Crippen molar-refractivity contribution in [2.24, 2.45) is 5.92 Å². The maximum Gasteiger partial charge on any atom is 0.166 e. The number of nitrogen functional groups attached to an aromatic ring is 1. The predicted octanol–water partition coefficient (Wildman–Crippen LogP) is 4.16.